The number of hydrogen-bond acceptors (Lipinski definition) is 6. The van der Waals surface area contributed by atoms with Gasteiger partial charge in [0, 0.05) is 12.4 Å². The van der Waals surface area contributed by atoms with Gasteiger partial charge < -0.3 is 14.6 Å². The number of methoxy groups -OCH3 is 2. The molecular weight excluding hydrogens is 388 g/mol. The van der Waals surface area contributed by atoms with Gasteiger partial charge in [-0.3, -0.25) is 9.36 Å². The lowest BCUT2D eigenvalue weighted by Gasteiger charge is -2.15. The molecule has 0 aliphatic heterocycles. The Morgan fingerprint density at radius 2 is 1.83 bits per heavy atom. The van der Waals surface area contributed by atoms with Crippen LogP contribution >= 0.6 is 11.8 Å². The van der Waals surface area contributed by atoms with Crippen LogP contribution in [0.2, 0.25) is 0 Å². The monoisotopic (exact) mass is 414 g/mol. The van der Waals surface area contributed by atoms with Gasteiger partial charge in [-0.2, -0.15) is 0 Å². The molecule has 3 aromatic rings. The highest BCUT2D eigenvalue weighted by atomic mass is 32.2. The van der Waals surface area contributed by atoms with Gasteiger partial charge in [-0.1, -0.05) is 36.4 Å². The molecule has 0 spiro atoms. The molecule has 0 aliphatic carbocycles. The molecule has 0 amide bonds. The van der Waals surface area contributed by atoms with Crippen LogP contribution in [-0.4, -0.2) is 41.2 Å². The van der Waals surface area contributed by atoms with E-state index >= 15 is 0 Å². The minimum absolute atomic E-state index is 0.0526. The van der Waals surface area contributed by atoms with Crippen LogP contribution in [0, 0.1) is 0 Å². The Morgan fingerprint density at radius 3 is 2.59 bits per heavy atom. The third-order valence-electron chi connectivity index (χ3n) is 4.65. The maximum Gasteiger partial charge on any atom is 0.262 e. The van der Waals surface area contributed by atoms with Crippen LogP contribution < -0.4 is 15.0 Å². The molecule has 0 aliphatic rings. The first-order valence-electron chi connectivity index (χ1n) is 9.62. The van der Waals surface area contributed by atoms with Crippen LogP contribution in [0.3, 0.4) is 0 Å². The fraction of sp³-hybridized carbons (Fsp3) is 0.364. The maximum absolute atomic E-state index is 13.2. The molecule has 2 aromatic carbocycles. The standard InChI is InChI=1S/C22H26N2O4S/c1-27-19-11-10-16(14-20(19)28-2)15-24-21(26)17-8-4-5-9-18(17)23-22(24)29-13-7-3-6-12-25/h4-5,8-11,14,25H,3,6-7,12-13,15H2,1-2H3. The topological polar surface area (TPSA) is 73.6 Å². The molecule has 0 radical (unpaired) electrons. The third-order valence-corrected chi connectivity index (χ3v) is 5.71. The predicted octanol–water partition coefficient (Wildman–Crippen LogP) is 3.72. The molecule has 154 valence electrons. The summed E-state index contributed by atoms with van der Waals surface area (Å²) in [6, 6.07) is 13.1. The van der Waals surface area contributed by atoms with E-state index in [0.29, 0.717) is 34.1 Å². The number of rotatable bonds is 10. The Morgan fingerprint density at radius 1 is 1.03 bits per heavy atom. The molecule has 6 nitrogen and oxygen atoms in total. The van der Waals surface area contributed by atoms with E-state index in [9.17, 15) is 4.79 Å². The van der Waals surface area contributed by atoms with E-state index in [1.165, 1.54) is 0 Å². The van der Waals surface area contributed by atoms with Gasteiger partial charge in [0.1, 0.15) is 0 Å². The van der Waals surface area contributed by atoms with E-state index < -0.39 is 0 Å². The quantitative estimate of drug-likeness (QED) is 0.310. The van der Waals surface area contributed by atoms with Gasteiger partial charge in [0.05, 0.1) is 31.7 Å². The summed E-state index contributed by atoms with van der Waals surface area (Å²) in [5.74, 6) is 2.13. The summed E-state index contributed by atoms with van der Waals surface area (Å²) in [7, 11) is 3.19. The number of unbranched alkanes of at least 4 members (excludes halogenated alkanes) is 2. The molecule has 0 bridgehead atoms. The second kappa shape index (κ2) is 10.3. The second-order valence-corrected chi connectivity index (χ2v) is 7.69. The van der Waals surface area contributed by atoms with Crippen molar-refractivity contribution in [1.29, 1.82) is 0 Å². The van der Waals surface area contributed by atoms with Crippen molar-refractivity contribution in [3.05, 3.63) is 58.4 Å². The van der Waals surface area contributed by atoms with Crippen molar-refractivity contribution in [2.45, 2.75) is 31.0 Å². The van der Waals surface area contributed by atoms with Crippen molar-refractivity contribution in [2.24, 2.45) is 0 Å². The van der Waals surface area contributed by atoms with Crippen molar-refractivity contribution < 1.29 is 14.6 Å². The Bertz CT molecular complexity index is 1020. The molecule has 7 heteroatoms. The van der Waals surface area contributed by atoms with Crippen LogP contribution in [0.25, 0.3) is 10.9 Å². The maximum atomic E-state index is 13.2. The largest absolute Gasteiger partial charge is 0.493 e. The molecule has 0 saturated carbocycles. The van der Waals surface area contributed by atoms with E-state index in [2.05, 4.69) is 0 Å². The number of fused-ring (bicyclic) bond motifs is 1. The lowest BCUT2D eigenvalue weighted by molar-refractivity contribution is 0.284. The fourth-order valence-electron chi connectivity index (χ4n) is 3.11. The van der Waals surface area contributed by atoms with Gasteiger partial charge in [-0.15, -0.1) is 0 Å². The number of ether oxygens (including phenoxy) is 2. The fourth-order valence-corrected chi connectivity index (χ4v) is 4.11. The summed E-state index contributed by atoms with van der Waals surface area (Å²) in [5.41, 5.74) is 1.59. The number of para-hydroxylation sites is 1. The summed E-state index contributed by atoms with van der Waals surface area (Å²) in [6.07, 6.45) is 2.71. The van der Waals surface area contributed by atoms with Gasteiger partial charge in [-0.05, 0) is 42.7 Å². The SMILES string of the molecule is COc1ccc(Cn2c(SCCCCCO)nc3ccccc3c2=O)cc1OC. The average Bonchev–Trinajstić information content (AvgIpc) is 2.76. The molecule has 0 atom stereocenters. The molecule has 0 fully saturated rings. The van der Waals surface area contributed by atoms with Crippen molar-refractivity contribution in [2.75, 3.05) is 26.6 Å². The normalized spacial score (nSPS) is 11.0. The van der Waals surface area contributed by atoms with Crippen molar-refractivity contribution in [3.63, 3.8) is 0 Å². The van der Waals surface area contributed by atoms with E-state index in [1.54, 1.807) is 30.5 Å². The average molecular weight is 415 g/mol. The highest BCUT2D eigenvalue weighted by Crippen LogP contribution is 2.28. The Labute approximate surface area is 174 Å². The summed E-state index contributed by atoms with van der Waals surface area (Å²) in [4.78, 5) is 17.9. The molecule has 0 unspecified atom stereocenters. The van der Waals surface area contributed by atoms with Crippen molar-refractivity contribution in [3.8, 4) is 11.5 Å². The highest BCUT2D eigenvalue weighted by Gasteiger charge is 2.13. The second-order valence-electron chi connectivity index (χ2n) is 6.62. The zero-order valence-corrected chi connectivity index (χ0v) is 17.6. The predicted molar refractivity (Wildman–Crippen MR) is 116 cm³/mol. The Kier molecular flexibility index (Phi) is 7.55. The van der Waals surface area contributed by atoms with Crippen molar-refractivity contribution >= 4 is 22.7 Å². The first-order chi connectivity index (χ1) is 14.2. The first-order valence-corrected chi connectivity index (χ1v) is 10.6. The Balaban J connectivity index is 1.95. The molecule has 29 heavy (non-hydrogen) atoms. The smallest absolute Gasteiger partial charge is 0.262 e. The molecule has 3 rings (SSSR count). The van der Waals surface area contributed by atoms with Gasteiger partial charge in [0.25, 0.3) is 5.56 Å². The van der Waals surface area contributed by atoms with Gasteiger partial charge in [-0.25, -0.2) is 4.98 Å². The van der Waals surface area contributed by atoms with Crippen LogP contribution in [0.1, 0.15) is 24.8 Å². The zero-order valence-electron chi connectivity index (χ0n) is 16.8. The minimum Gasteiger partial charge on any atom is -0.493 e. The molecule has 0 saturated heterocycles. The number of nitrogens with zero attached hydrogens (tertiary/aromatic N) is 2. The van der Waals surface area contributed by atoms with Gasteiger partial charge in [0.2, 0.25) is 0 Å². The lowest BCUT2D eigenvalue weighted by atomic mass is 10.2. The molecule has 1 heterocycles. The number of aromatic nitrogens is 2. The van der Waals surface area contributed by atoms with E-state index in [4.69, 9.17) is 19.6 Å². The summed E-state index contributed by atoms with van der Waals surface area (Å²) in [5, 5.41) is 10.3. The van der Waals surface area contributed by atoms with Gasteiger partial charge >= 0.3 is 0 Å². The number of aliphatic hydroxyl groups is 1. The molecule has 1 aromatic heterocycles. The zero-order chi connectivity index (χ0) is 20.6. The number of aliphatic hydroxyl groups excluding tert-OH is 1. The highest BCUT2D eigenvalue weighted by molar-refractivity contribution is 7.99. The van der Waals surface area contributed by atoms with Gasteiger partial charge in [0.15, 0.2) is 16.7 Å². The number of thioether (sulfide) groups is 1. The number of benzene rings is 2. The van der Waals surface area contributed by atoms with Crippen LogP contribution in [0.15, 0.2) is 52.4 Å². The van der Waals surface area contributed by atoms with E-state index in [0.717, 1.165) is 30.6 Å². The van der Waals surface area contributed by atoms with E-state index in [1.807, 2.05) is 42.5 Å². The minimum atomic E-state index is -0.0526. The summed E-state index contributed by atoms with van der Waals surface area (Å²) in [6.45, 7) is 0.610. The summed E-state index contributed by atoms with van der Waals surface area (Å²) >= 11 is 1.58. The Hall–Kier alpha value is -2.51. The van der Waals surface area contributed by atoms with Crippen LogP contribution in [-0.2, 0) is 6.54 Å². The third kappa shape index (κ3) is 5.10. The number of hydrogen-bond donors (Lipinski definition) is 1. The molecule has 1 N–H and O–H groups in total. The summed E-state index contributed by atoms with van der Waals surface area (Å²) < 4.78 is 12.4. The lowest BCUT2D eigenvalue weighted by Crippen LogP contribution is -2.24. The molecular formula is C22H26N2O4S. The van der Waals surface area contributed by atoms with Crippen LogP contribution in [0.4, 0.5) is 0 Å². The first kappa shape index (κ1) is 21.2. The van der Waals surface area contributed by atoms with Crippen molar-refractivity contribution in [1.82, 2.24) is 9.55 Å². The van der Waals surface area contributed by atoms with Crippen LogP contribution in [0.5, 0.6) is 11.5 Å². The van der Waals surface area contributed by atoms with E-state index in [-0.39, 0.29) is 12.2 Å².